The smallest absolute Gasteiger partial charge is 0.338 e. The second-order valence-electron chi connectivity index (χ2n) is 3.80. The van der Waals surface area contributed by atoms with Crippen LogP contribution in [0.1, 0.15) is 44.0 Å². The van der Waals surface area contributed by atoms with E-state index in [4.69, 9.17) is 9.47 Å². The zero-order valence-electron chi connectivity index (χ0n) is 10.7. The van der Waals surface area contributed by atoms with E-state index in [2.05, 4.69) is 13.8 Å². The molecule has 0 aliphatic rings. The van der Waals surface area contributed by atoms with E-state index < -0.39 is 0 Å². The molecule has 0 saturated carbocycles. The van der Waals surface area contributed by atoms with Crippen molar-refractivity contribution in [2.45, 2.75) is 39.7 Å². The Morgan fingerprint density at radius 3 is 2.18 bits per heavy atom. The third kappa shape index (κ3) is 4.10. The quantitative estimate of drug-likeness (QED) is 0.710. The topological polar surface area (TPSA) is 35.5 Å². The van der Waals surface area contributed by atoms with Gasteiger partial charge in [0.25, 0.3) is 0 Å². The first kappa shape index (κ1) is 13.6. The summed E-state index contributed by atoms with van der Waals surface area (Å²) in [6.07, 6.45) is 2.20. The molecule has 0 radical (unpaired) electrons. The maximum atomic E-state index is 11.4. The van der Waals surface area contributed by atoms with E-state index >= 15 is 0 Å². The second kappa shape index (κ2) is 6.94. The van der Waals surface area contributed by atoms with E-state index in [0.29, 0.717) is 12.2 Å². The van der Waals surface area contributed by atoms with Crippen LogP contribution in [0.5, 0.6) is 5.75 Å². The number of carbonyl (C=O) groups is 1. The van der Waals surface area contributed by atoms with Crippen molar-refractivity contribution in [1.82, 2.24) is 0 Å². The van der Waals surface area contributed by atoms with Crippen LogP contribution in [-0.2, 0) is 4.74 Å². The van der Waals surface area contributed by atoms with Crippen LogP contribution in [0.3, 0.4) is 0 Å². The van der Waals surface area contributed by atoms with E-state index in [1.54, 1.807) is 19.1 Å². The molecule has 0 unspecified atom stereocenters. The minimum Gasteiger partial charge on any atom is -0.490 e. The van der Waals surface area contributed by atoms with Crippen molar-refractivity contribution in [3.63, 3.8) is 0 Å². The summed E-state index contributed by atoms with van der Waals surface area (Å²) in [6, 6.07) is 7.08. The van der Waals surface area contributed by atoms with Crippen molar-refractivity contribution in [3.05, 3.63) is 29.8 Å². The molecule has 94 valence electrons. The maximum Gasteiger partial charge on any atom is 0.338 e. The van der Waals surface area contributed by atoms with E-state index in [9.17, 15) is 4.79 Å². The SMILES string of the molecule is CCOC(=O)c1ccc(OC(CC)CC)cc1. The molecule has 0 saturated heterocycles. The predicted molar refractivity (Wildman–Crippen MR) is 67.4 cm³/mol. The highest BCUT2D eigenvalue weighted by Crippen LogP contribution is 2.16. The molecule has 0 amide bonds. The zero-order valence-corrected chi connectivity index (χ0v) is 10.7. The number of hydrogen-bond acceptors (Lipinski definition) is 3. The molecule has 3 nitrogen and oxygen atoms in total. The average molecular weight is 236 g/mol. The van der Waals surface area contributed by atoms with Gasteiger partial charge >= 0.3 is 5.97 Å². The normalized spacial score (nSPS) is 10.4. The van der Waals surface area contributed by atoms with Crippen molar-refractivity contribution < 1.29 is 14.3 Å². The fourth-order valence-electron chi connectivity index (χ4n) is 1.53. The summed E-state index contributed by atoms with van der Waals surface area (Å²) in [7, 11) is 0. The Morgan fingerprint density at radius 1 is 1.12 bits per heavy atom. The van der Waals surface area contributed by atoms with E-state index in [-0.39, 0.29) is 12.1 Å². The first-order valence-corrected chi connectivity index (χ1v) is 6.15. The van der Waals surface area contributed by atoms with Crippen LogP contribution < -0.4 is 4.74 Å². The highest BCUT2D eigenvalue weighted by Gasteiger charge is 2.08. The van der Waals surface area contributed by atoms with Gasteiger partial charge in [-0.15, -0.1) is 0 Å². The molecule has 0 N–H and O–H groups in total. The number of esters is 1. The molecule has 0 aliphatic heterocycles. The molecule has 0 spiro atoms. The molecular formula is C14H20O3. The molecule has 1 aromatic rings. The van der Waals surface area contributed by atoms with Crippen molar-refractivity contribution >= 4 is 5.97 Å². The molecule has 1 rings (SSSR count). The van der Waals surface area contributed by atoms with Crippen LogP contribution in [0, 0.1) is 0 Å². The zero-order chi connectivity index (χ0) is 12.7. The van der Waals surface area contributed by atoms with Gasteiger partial charge in [-0.1, -0.05) is 13.8 Å². The maximum absolute atomic E-state index is 11.4. The lowest BCUT2D eigenvalue weighted by Gasteiger charge is -2.15. The summed E-state index contributed by atoms with van der Waals surface area (Å²) in [4.78, 5) is 11.4. The molecule has 0 fully saturated rings. The molecular weight excluding hydrogens is 216 g/mol. The van der Waals surface area contributed by atoms with Crippen LogP contribution in [0.25, 0.3) is 0 Å². The monoisotopic (exact) mass is 236 g/mol. The first-order valence-electron chi connectivity index (χ1n) is 6.15. The Morgan fingerprint density at radius 2 is 1.71 bits per heavy atom. The summed E-state index contributed by atoms with van der Waals surface area (Å²) >= 11 is 0. The lowest BCUT2D eigenvalue weighted by atomic mass is 10.2. The van der Waals surface area contributed by atoms with Crippen molar-refractivity contribution in [2.75, 3.05) is 6.61 Å². The summed E-state index contributed by atoms with van der Waals surface area (Å²) in [5, 5.41) is 0. The van der Waals surface area contributed by atoms with Crippen molar-refractivity contribution in [2.24, 2.45) is 0 Å². The minimum atomic E-state index is -0.290. The second-order valence-corrected chi connectivity index (χ2v) is 3.80. The number of benzene rings is 1. The molecule has 0 aliphatic carbocycles. The van der Waals surface area contributed by atoms with Gasteiger partial charge in [0.2, 0.25) is 0 Å². The van der Waals surface area contributed by atoms with Crippen LogP contribution in [0.15, 0.2) is 24.3 Å². The van der Waals surface area contributed by atoms with Gasteiger partial charge in [-0.05, 0) is 44.0 Å². The molecule has 0 atom stereocenters. The molecule has 1 aromatic carbocycles. The van der Waals surface area contributed by atoms with Gasteiger partial charge in [0.15, 0.2) is 0 Å². The lowest BCUT2D eigenvalue weighted by molar-refractivity contribution is 0.0526. The molecule has 0 heterocycles. The van der Waals surface area contributed by atoms with E-state index in [0.717, 1.165) is 18.6 Å². The van der Waals surface area contributed by atoms with Crippen LogP contribution in [0.2, 0.25) is 0 Å². The summed E-state index contributed by atoms with van der Waals surface area (Å²) in [5.74, 6) is 0.508. The van der Waals surface area contributed by atoms with Gasteiger partial charge in [-0.25, -0.2) is 4.79 Å². The Balaban J connectivity index is 2.64. The predicted octanol–water partition coefficient (Wildman–Crippen LogP) is 3.43. The summed E-state index contributed by atoms with van der Waals surface area (Å²) in [5.41, 5.74) is 0.559. The molecule has 0 aromatic heterocycles. The summed E-state index contributed by atoms with van der Waals surface area (Å²) < 4.78 is 10.7. The van der Waals surface area contributed by atoms with Gasteiger partial charge in [0, 0.05) is 0 Å². The number of hydrogen-bond donors (Lipinski definition) is 0. The van der Waals surface area contributed by atoms with Gasteiger partial charge < -0.3 is 9.47 Å². The average Bonchev–Trinajstić information content (AvgIpc) is 2.37. The fourth-order valence-corrected chi connectivity index (χ4v) is 1.53. The highest BCUT2D eigenvalue weighted by atomic mass is 16.5. The highest BCUT2D eigenvalue weighted by molar-refractivity contribution is 5.89. The number of ether oxygens (including phenoxy) is 2. The minimum absolute atomic E-state index is 0.239. The van der Waals surface area contributed by atoms with E-state index in [1.165, 1.54) is 0 Å². The number of carbonyl (C=O) groups excluding carboxylic acids is 1. The standard InChI is InChI=1S/C14H20O3/c1-4-12(5-2)17-13-9-7-11(8-10-13)14(15)16-6-3/h7-10,12H,4-6H2,1-3H3. The van der Waals surface area contributed by atoms with Gasteiger partial charge in [0.1, 0.15) is 5.75 Å². The molecule has 0 bridgehead atoms. The van der Waals surface area contributed by atoms with E-state index in [1.807, 2.05) is 12.1 Å². The lowest BCUT2D eigenvalue weighted by Crippen LogP contribution is -2.13. The molecule has 17 heavy (non-hydrogen) atoms. The Labute approximate surface area is 103 Å². The fraction of sp³-hybridized carbons (Fsp3) is 0.500. The number of rotatable bonds is 6. The van der Waals surface area contributed by atoms with Gasteiger partial charge in [-0.2, -0.15) is 0 Å². The largest absolute Gasteiger partial charge is 0.490 e. The third-order valence-corrected chi connectivity index (χ3v) is 2.58. The van der Waals surface area contributed by atoms with Gasteiger partial charge in [0.05, 0.1) is 18.3 Å². The van der Waals surface area contributed by atoms with Crippen molar-refractivity contribution in [1.29, 1.82) is 0 Å². The van der Waals surface area contributed by atoms with Crippen molar-refractivity contribution in [3.8, 4) is 5.75 Å². The Kier molecular flexibility index (Phi) is 5.53. The van der Waals surface area contributed by atoms with Gasteiger partial charge in [-0.3, -0.25) is 0 Å². The Bertz CT molecular complexity index is 339. The molecule has 3 heteroatoms. The third-order valence-electron chi connectivity index (χ3n) is 2.58. The Hall–Kier alpha value is -1.51. The first-order chi connectivity index (χ1) is 8.21. The summed E-state index contributed by atoms with van der Waals surface area (Å²) in [6.45, 7) is 6.38. The van der Waals surface area contributed by atoms with Crippen LogP contribution in [-0.4, -0.2) is 18.7 Å². The van der Waals surface area contributed by atoms with Crippen LogP contribution >= 0.6 is 0 Å². The van der Waals surface area contributed by atoms with Crippen LogP contribution in [0.4, 0.5) is 0 Å².